The van der Waals surface area contributed by atoms with E-state index in [2.05, 4.69) is 45.1 Å². The van der Waals surface area contributed by atoms with Crippen LogP contribution in [0.2, 0.25) is 0 Å². The Bertz CT molecular complexity index is 237. The predicted octanol–water partition coefficient (Wildman–Crippen LogP) is 4.26. The zero-order valence-electron chi connectivity index (χ0n) is 9.01. The van der Waals surface area contributed by atoms with Crippen LogP contribution in [0.15, 0.2) is 35.5 Å². The molecule has 0 aromatic rings. The molecular weight excluding hydrogens is 156 g/mol. The summed E-state index contributed by atoms with van der Waals surface area (Å²) < 4.78 is 0. The molecule has 72 valence electrons. The lowest BCUT2D eigenvalue weighted by Crippen LogP contribution is -1.77. The summed E-state index contributed by atoms with van der Waals surface area (Å²) in [6.07, 6.45) is 13.0. The normalized spacial score (nSPS) is 19.9. The Morgan fingerprint density at radius 3 is 2.54 bits per heavy atom. The molecule has 0 heteroatoms. The van der Waals surface area contributed by atoms with Crippen molar-refractivity contribution in [3.63, 3.8) is 0 Å². The minimum absolute atomic E-state index is 0.890. The summed E-state index contributed by atoms with van der Waals surface area (Å²) in [6, 6.07) is 0. The highest BCUT2D eigenvalue weighted by atomic mass is 14.2. The maximum absolute atomic E-state index is 2.36. The average molecular weight is 176 g/mol. The third-order valence-electron chi connectivity index (χ3n) is 2.48. The highest BCUT2D eigenvalue weighted by molar-refractivity contribution is 5.29. The van der Waals surface area contributed by atoms with Gasteiger partial charge in [0.1, 0.15) is 0 Å². The zero-order valence-corrected chi connectivity index (χ0v) is 9.01. The monoisotopic (exact) mass is 176 g/mol. The van der Waals surface area contributed by atoms with Crippen LogP contribution < -0.4 is 0 Å². The van der Waals surface area contributed by atoms with Gasteiger partial charge in [-0.15, -0.1) is 0 Å². The molecule has 1 aliphatic carbocycles. The lowest BCUT2D eigenvalue weighted by molar-refractivity contribution is 1.09. The molecule has 0 aromatic heterocycles. The molecule has 0 radical (unpaired) electrons. The van der Waals surface area contributed by atoms with Crippen molar-refractivity contribution in [1.82, 2.24) is 0 Å². The van der Waals surface area contributed by atoms with E-state index in [1.807, 2.05) is 0 Å². The van der Waals surface area contributed by atoms with Crippen molar-refractivity contribution in [2.24, 2.45) is 5.92 Å². The van der Waals surface area contributed by atoms with Crippen molar-refractivity contribution in [3.8, 4) is 0 Å². The van der Waals surface area contributed by atoms with E-state index >= 15 is 0 Å². The summed E-state index contributed by atoms with van der Waals surface area (Å²) in [5, 5.41) is 0. The first-order valence-corrected chi connectivity index (χ1v) is 5.28. The first kappa shape index (κ1) is 10.3. The van der Waals surface area contributed by atoms with E-state index in [0.717, 1.165) is 12.3 Å². The van der Waals surface area contributed by atoms with Gasteiger partial charge in [0.05, 0.1) is 0 Å². The number of rotatable bonds is 4. The molecule has 0 heterocycles. The van der Waals surface area contributed by atoms with Gasteiger partial charge in [0.25, 0.3) is 0 Å². The van der Waals surface area contributed by atoms with Crippen LogP contribution in [0.25, 0.3) is 0 Å². The van der Waals surface area contributed by atoms with Crippen LogP contribution in [0.4, 0.5) is 0 Å². The fourth-order valence-electron chi connectivity index (χ4n) is 1.19. The summed E-state index contributed by atoms with van der Waals surface area (Å²) in [4.78, 5) is 0. The Kier molecular flexibility index (Phi) is 4.01. The Hall–Kier alpha value is -0.780. The van der Waals surface area contributed by atoms with Crippen LogP contribution in [-0.2, 0) is 0 Å². The van der Waals surface area contributed by atoms with Crippen LogP contribution in [0, 0.1) is 5.92 Å². The number of allylic oxidation sites excluding steroid dienone is 6. The standard InChI is InChI=1S/C13H20/c1-4-11(3)10-12(5-2)6-7-13-8-9-13/h4,6-7,10,13H,5,8-9H2,1-3H3/b7-6-,11-4+,12-10+. The molecular formula is C13H20. The molecule has 0 bridgehead atoms. The summed E-state index contributed by atoms with van der Waals surface area (Å²) in [5.74, 6) is 0.890. The second-order valence-corrected chi connectivity index (χ2v) is 3.80. The Morgan fingerprint density at radius 2 is 2.08 bits per heavy atom. The molecule has 0 N–H and O–H groups in total. The van der Waals surface area contributed by atoms with Gasteiger partial charge in [0.2, 0.25) is 0 Å². The van der Waals surface area contributed by atoms with Crippen molar-refractivity contribution >= 4 is 0 Å². The largest absolute Gasteiger partial charge is 0.0847 e. The van der Waals surface area contributed by atoms with E-state index in [1.54, 1.807) is 0 Å². The van der Waals surface area contributed by atoms with Gasteiger partial charge in [-0.3, -0.25) is 0 Å². The molecule has 13 heavy (non-hydrogen) atoms. The lowest BCUT2D eigenvalue weighted by Gasteiger charge is -1.97. The van der Waals surface area contributed by atoms with E-state index in [4.69, 9.17) is 0 Å². The van der Waals surface area contributed by atoms with Crippen molar-refractivity contribution < 1.29 is 0 Å². The molecule has 0 unspecified atom stereocenters. The lowest BCUT2D eigenvalue weighted by atomic mass is 10.1. The second kappa shape index (κ2) is 5.06. The topological polar surface area (TPSA) is 0 Å². The molecule has 0 aliphatic heterocycles. The van der Waals surface area contributed by atoms with Gasteiger partial charge < -0.3 is 0 Å². The summed E-state index contributed by atoms with van der Waals surface area (Å²) in [7, 11) is 0. The third kappa shape index (κ3) is 4.12. The number of hydrogen-bond donors (Lipinski definition) is 0. The Balaban J connectivity index is 2.54. The van der Waals surface area contributed by atoms with E-state index in [0.29, 0.717) is 0 Å². The van der Waals surface area contributed by atoms with Gasteiger partial charge >= 0.3 is 0 Å². The molecule has 1 rings (SSSR count). The SMILES string of the molecule is C/C=C(C)/C=C(/C=C\C1CC1)CC. The van der Waals surface area contributed by atoms with Gasteiger partial charge in [-0.2, -0.15) is 0 Å². The minimum Gasteiger partial charge on any atom is -0.0847 e. The van der Waals surface area contributed by atoms with Crippen LogP contribution in [0.5, 0.6) is 0 Å². The van der Waals surface area contributed by atoms with Gasteiger partial charge in [-0.1, -0.05) is 36.8 Å². The first-order valence-electron chi connectivity index (χ1n) is 5.28. The molecule has 0 aromatic carbocycles. The Morgan fingerprint density at radius 1 is 1.38 bits per heavy atom. The summed E-state index contributed by atoms with van der Waals surface area (Å²) in [6.45, 7) is 6.45. The highest BCUT2D eigenvalue weighted by Gasteiger charge is 2.16. The van der Waals surface area contributed by atoms with Gasteiger partial charge in [0, 0.05) is 0 Å². The van der Waals surface area contributed by atoms with Crippen molar-refractivity contribution in [2.75, 3.05) is 0 Å². The minimum atomic E-state index is 0.890. The molecule has 0 nitrogen and oxygen atoms in total. The zero-order chi connectivity index (χ0) is 9.68. The van der Waals surface area contributed by atoms with Crippen LogP contribution in [-0.4, -0.2) is 0 Å². The maximum atomic E-state index is 2.36. The number of hydrogen-bond acceptors (Lipinski definition) is 0. The van der Waals surface area contributed by atoms with Gasteiger partial charge in [0.15, 0.2) is 0 Å². The maximum Gasteiger partial charge on any atom is -0.0230 e. The second-order valence-electron chi connectivity index (χ2n) is 3.80. The molecule has 1 saturated carbocycles. The van der Waals surface area contributed by atoms with E-state index in [-0.39, 0.29) is 0 Å². The van der Waals surface area contributed by atoms with Gasteiger partial charge in [-0.25, -0.2) is 0 Å². The Labute approximate surface area is 82.0 Å². The fourth-order valence-corrected chi connectivity index (χ4v) is 1.19. The molecule has 0 atom stereocenters. The van der Waals surface area contributed by atoms with Gasteiger partial charge in [-0.05, 0) is 44.6 Å². The van der Waals surface area contributed by atoms with Crippen molar-refractivity contribution in [3.05, 3.63) is 35.5 Å². The fraction of sp³-hybridized carbons (Fsp3) is 0.538. The third-order valence-corrected chi connectivity index (χ3v) is 2.48. The van der Waals surface area contributed by atoms with E-state index in [1.165, 1.54) is 24.0 Å². The van der Waals surface area contributed by atoms with Crippen molar-refractivity contribution in [1.29, 1.82) is 0 Å². The average Bonchev–Trinajstić information content (AvgIpc) is 2.95. The van der Waals surface area contributed by atoms with E-state index < -0.39 is 0 Å². The van der Waals surface area contributed by atoms with Crippen molar-refractivity contribution in [2.45, 2.75) is 40.0 Å². The van der Waals surface area contributed by atoms with E-state index in [9.17, 15) is 0 Å². The summed E-state index contributed by atoms with van der Waals surface area (Å²) in [5.41, 5.74) is 2.81. The predicted molar refractivity (Wildman–Crippen MR) is 59.7 cm³/mol. The smallest absolute Gasteiger partial charge is 0.0230 e. The van der Waals surface area contributed by atoms with Crippen LogP contribution >= 0.6 is 0 Å². The highest BCUT2D eigenvalue weighted by Crippen LogP contribution is 2.30. The molecule has 1 fully saturated rings. The van der Waals surface area contributed by atoms with Crippen LogP contribution in [0.3, 0.4) is 0 Å². The molecule has 0 saturated heterocycles. The molecule has 0 spiro atoms. The molecule has 0 amide bonds. The first-order chi connectivity index (χ1) is 6.26. The molecule has 1 aliphatic rings. The van der Waals surface area contributed by atoms with Crippen LogP contribution in [0.1, 0.15) is 40.0 Å². The quantitative estimate of drug-likeness (QED) is 0.561. The summed E-state index contributed by atoms with van der Waals surface area (Å²) >= 11 is 0.